The zero-order chi connectivity index (χ0) is 15.6. The Bertz CT molecular complexity index is 665. The maximum absolute atomic E-state index is 11.4. The number of hydrogen-bond acceptors (Lipinski definition) is 3. The summed E-state index contributed by atoms with van der Waals surface area (Å²) in [5.41, 5.74) is 1.74. The number of aromatic carboxylic acids is 1. The molecule has 1 heterocycles. The molecule has 0 saturated heterocycles. The maximum atomic E-state index is 11.4. The number of carboxylic acids is 1. The molecule has 0 aliphatic rings. The summed E-state index contributed by atoms with van der Waals surface area (Å²) in [4.78, 5) is 11.4. The second-order valence-electron chi connectivity index (χ2n) is 5.22. The normalized spacial score (nSPS) is 10.9. The summed E-state index contributed by atoms with van der Waals surface area (Å²) in [6.45, 7) is 6.35. The van der Waals surface area contributed by atoms with Gasteiger partial charge in [0.05, 0.1) is 6.61 Å². The van der Waals surface area contributed by atoms with Gasteiger partial charge in [0, 0.05) is 15.7 Å². The molecule has 0 spiro atoms. The van der Waals surface area contributed by atoms with Gasteiger partial charge in [0.2, 0.25) is 0 Å². The Morgan fingerprint density at radius 2 is 2.19 bits per heavy atom. The van der Waals surface area contributed by atoms with Crippen LogP contribution in [0.5, 0.6) is 5.75 Å². The molecule has 1 aromatic heterocycles. The fourth-order valence-corrected chi connectivity index (χ4v) is 2.32. The van der Waals surface area contributed by atoms with Crippen LogP contribution >= 0.6 is 15.9 Å². The van der Waals surface area contributed by atoms with Crippen LogP contribution in [0.1, 0.15) is 29.9 Å². The first-order valence-corrected chi connectivity index (χ1v) is 7.40. The van der Waals surface area contributed by atoms with Gasteiger partial charge in [-0.1, -0.05) is 29.8 Å². The first kappa shape index (κ1) is 15.6. The Morgan fingerprint density at radius 1 is 1.48 bits per heavy atom. The number of ether oxygens (including phenoxy) is 1. The summed E-state index contributed by atoms with van der Waals surface area (Å²) in [5.74, 6) is -0.00621. The largest absolute Gasteiger partial charge is 0.493 e. The first-order chi connectivity index (χ1) is 9.90. The molecule has 2 aromatic rings. The Balaban J connectivity index is 2.52. The molecule has 1 aromatic carbocycles. The summed E-state index contributed by atoms with van der Waals surface area (Å²) in [5, 5.41) is 16.2. The molecule has 2 rings (SSSR count). The lowest BCUT2D eigenvalue weighted by molar-refractivity contribution is 0.0697. The van der Waals surface area contributed by atoms with Crippen molar-refractivity contribution in [2.45, 2.75) is 20.8 Å². The van der Waals surface area contributed by atoms with Crippen LogP contribution in [0.4, 0.5) is 0 Å². The van der Waals surface area contributed by atoms with Gasteiger partial charge in [-0.05, 0) is 31.0 Å². The van der Waals surface area contributed by atoms with Gasteiger partial charge in [-0.15, -0.1) is 0 Å². The molecule has 0 saturated carbocycles. The van der Waals surface area contributed by atoms with Crippen molar-refractivity contribution >= 4 is 21.9 Å². The highest BCUT2D eigenvalue weighted by Crippen LogP contribution is 2.34. The number of carboxylic acid groups (broad SMARTS) is 1. The van der Waals surface area contributed by atoms with Crippen LogP contribution in [0, 0.1) is 12.8 Å². The molecular formula is C15H17BrN2O3. The van der Waals surface area contributed by atoms with Crippen molar-refractivity contribution < 1.29 is 14.6 Å². The van der Waals surface area contributed by atoms with Gasteiger partial charge >= 0.3 is 5.97 Å². The van der Waals surface area contributed by atoms with Crippen molar-refractivity contribution in [3.8, 4) is 17.0 Å². The molecule has 0 atom stereocenters. The smallest absolute Gasteiger partial charge is 0.339 e. The number of carbonyl (C=O) groups is 1. The fraction of sp³-hybridized carbons (Fsp3) is 0.333. The lowest BCUT2D eigenvalue weighted by Crippen LogP contribution is -2.06. The fourth-order valence-electron chi connectivity index (χ4n) is 1.96. The van der Waals surface area contributed by atoms with Gasteiger partial charge < -0.3 is 9.84 Å². The van der Waals surface area contributed by atoms with Crippen molar-refractivity contribution in [3.63, 3.8) is 0 Å². The predicted molar refractivity (Wildman–Crippen MR) is 83.8 cm³/mol. The standard InChI is InChI=1S/C15H17BrN2O3/c1-8(2)7-21-12-5-4-10(16)6-11(12)14-13(15(19)20)9(3)17-18-14/h4-6,8H,7H2,1-3H3,(H,17,18)(H,19,20). The molecule has 0 unspecified atom stereocenters. The molecule has 112 valence electrons. The van der Waals surface area contributed by atoms with Crippen molar-refractivity contribution in [3.05, 3.63) is 33.9 Å². The van der Waals surface area contributed by atoms with E-state index in [1.165, 1.54) is 0 Å². The van der Waals surface area contributed by atoms with Crippen molar-refractivity contribution in [2.75, 3.05) is 6.61 Å². The van der Waals surface area contributed by atoms with Crippen LogP contribution in [0.3, 0.4) is 0 Å². The van der Waals surface area contributed by atoms with E-state index in [1.54, 1.807) is 6.92 Å². The summed E-state index contributed by atoms with van der Waals surface area (Å²) in [6.07, 6.45) is 0. The van der Waals surface area contributed by atoms with Crippen molar-refractivity contribution in [1.82, 2.24) is 10.2 Å². The van der Waals surface area contributed by atoms with E-state index in [2.05, 4.69) is 40.0 Å². The van der Waals surface area contributed by atoms with E-state index >= 15 is 0 Å². The average Bonchev–Trinajstić information content (AvgIpc) is 2.79. The quantitative estimate of drug-likeness (QED) is 0.855. The topological polar surface area (TPSA) is 75.2 Å². The molecular weight excluding hydrogens is 336 g/mol. The van der Waals surface area contributed by atoms with Crippen LogP contribution in [0.25, 0.3) is 11.3 Å². The number of nitrogens with one attached hydrogen (secondary N) is 1. The van der Waals surface area contributed by atoms with Crippen LogP contribution in [-0.4, -0.2) is 27.9 Å². The number of H-pyrrole nitrogens is 1. The molecule has 0 bridgehead atoms. The van der Waals surface area contributed by atoms with Crippen molar-refractivity contribution in [2.24, 2.45) is 5.92 Å². The van der Waals surface area contributed by atoms with Gasteiger partial charge in [-0.3, -0.25) is 5.10 Å². The second-order valence-corrected chi connectivity index (χ2v) is 6.14. The number of aromatic amines is 1. The predicted octanol–water partition coefficient (Wildman–Crippen LogP) is 3.88. The first-order valence-electron chi connectivity index (χ1n) is 6.61. The summed E-state index contributed by atoms with van der Waals surface area (Å²) >= 11 is 3.40. The van der Waals surface area contributed by atoms with E-state index in [1.807, 2.05) is 18.2 Å². The number of aryl methyl sites for hydroxylation is 1. The Kier molecular flexibility index (Phi) is 4.67. The number of nitrogens with zero attached hydrogens (tertiary/aromatic N) is 1. The minimum absolute atomic E-state index is 0.169. The Labute approximate surface area is 131 Å². The number of halogens is 1. The van der Waals surface area contributed by atoms with E-state index in [-0.39, 0.29) is 5.56 Å². The van der Waals surface area contributed by atoms with E-state index in [0.29, 0.717) is 35.2 Å². The molecule has 0 radical (unpaired) electrons. The zero-order valence-corrected chi connectivity index (χ0v) is 13.7. The van der Waals surface area contributed by atoms with Gasteiger partial charge in [-0.25, -0.2) is 4.79 Å². The van der Waals surface area contributed by atoms with Gasteiger partial charge in [0.15, 0.2) is 0 Å². The van der Waals surface area contributed by atoms with Gasteiger partial charge in [0.25, 0.3) is 0 Å². The van der Waals surface area contributed by atoms with E-state index < -0.39 is 5.97 Å². The Hall–Kier alpha value is -1.82. The third-order valence-corrected chi connectivity index (χ3v) is 3.42. The average molecular weight is 353 g/mol. The SMILES string of the molecule is Cc1[nH]nc(-c2cc(Br)ccc2OCC(C)C)c1C(=O)O. The second kappa shape index (κ2) is 6.30. The van der Waals surface area contributed by atoms with Crippen LogP contribution < -0.4 is 4.74 Å². The summed E-state index contributed by atoms with van der Waals surface area (Å²) in [6, 6.07) is 5.49. The number of hydrogen-bond donors (Lipinski definition) is 2. The minimum atomic E-state index is -1.01. The monoisotopic (exact) mass is 352 g/mol. The molecule has 0 aliphatic heterocycles. The van der Waals surface area contributed by atoms with Gasteiger partial charge in [-0.2, -0.15) is 5.10 Å². The lowest BCUT2D eigenvalue weighted by atomic mass is 10.1. The zero-order valence-electron chi connectivity index (χ0n) is 12.1. The third kappa shape index (κ3) is 3.44. The molecule has 2 N–H and O–H groups in total. The molecule has 6 heteroatoms. The van der Waals surface area contributed by atoms with Crippen LogP contribution in [-0.2, 0) is 0 Å². The summed E-state index contributed by atoms with van der Waals surface area (Å²) < 4.78 is 6.62. The van der Waals surface area contributed by atoms with E-state index in [9.17, 15) is 9.90 Å². The molecule has 0 aliphatic carbocycles. The van der Waals surface area contributed by atoms with Gasteiger partial charge in [0.1, 0.15) is 17.0 Å². The van der Waals surface area contributed by atoms with E-state index in [4.69, 9.17) is 4.74 Å². The maximum Gasteiger partial charge on any atom is 0.339 e. The minimum Gasteiger partial charge on any atom is -0.493 e. The molecule has 0 fully saturated rings. The molecule has 0 amide bonds. The lowest BCUT2D eigenvalue weighted by Gasteiger charge is -2.13. The highest BCUT2D eigenvalue weighted by Gasteiger charge is 2.21. The van der Waals surface area contributed by atoms with Crippen LogP contribution in [0.15, 0.2) is 22.7 Å². The van der Waals surface area contributed by atoms with E-state index in [0.717, 1.165) is 4.47 Å². The third-order valence-electron chi connectivity index (χ3n) is 2.93. The number of aromatic nitrogens is 2. The highest BCUT2D eigenvalue weighted by atomic mass is 79.9. The number of rotatable bonds is 5. The number of benzene rings is 1. The molecule has 21 heavy (non-hydrogen) atoms. The Morgan fingerprint density at radius 3 is 2.81 bits per heavy atom. The molecule has 5 nitrogen and oxygen atoms in total. The highest BCUT2D eigenvalue weighted by molar-refractivity contribution is 9.10. The van der Waals surface area contributed by atoms with Crippen molar-refractivity contribution in [1.29, 1.82) is 0 Å². The summed E-state index contributed by atoms with van der Waals surface area (Å²) in [7, 11) is 0. The van der Waals surface area contributed by atoms with Crippen LogP contribution in [0.2, 0.25) is 0 Å².